The van der Waals surface area contributed by atoms with Gasteiger partial charge < -0.3 is 20.6 Å². The van der Waals surface area contributed by atoms with Crippen LogP contribution in [0.1, 0.15) is 11.1 Å². The highest BCUT2D eigenvalue weighted by atomic mass is 16.3. The van der Waals surface area contributed by atoms with Gasteiger partial charge in [0.25, 0.3) is 0 Å². The summed E-state index contributed by atoms with van der Waals surface area (Å²) in [6, 6.07) is 18.6. The molecule has 0 atom stereocenters. The fourth-order valence-electron chi connectivity index (χ4n) is 3.00. The van der Waals surface area contributed by atoms with E-state index in [0.29, 0.717) is 34.1 Å². The molecule has 0 spiro atoms. The molecule has 2 heterocycles. The molecule has 0 saturated heterocycles. The Morgan fingerprint density at radius 3 is 2.62 bits per heavy atom. The molecule has 0 fully saturated rings. The molecule has 0 aliphatic heterocycles. The minimum atomic E-state index is -0.0965. The highest BCUT2D eigenvalue weighted by Crippen LogP contribution is 2.30. The summed E-state index contributed by atoms with van der Waals surface area (Å²) >= 11 is 0. The summed E-state index contributed by atoms with van der Waals surface area (Å²) in [7, 11) is 0. The van der Waals surface area contributed by atoms with Crippen molar-refractivity contribution in [3.05, 3.63) is 78.3 Å². The van der Waals surface area contributed by atoms with Crippen LogP contribution in [0.4, 0.5) is 17.2 Å². The molecule has 4 aromatic rings. The molecule has 4 N–H and O–H groups in total. The predicted molar refractivity (Wildman–Crippen MR) is 110 cm³/mol. The summed E-state index contributed by atoms with van der Waals surface area (Å²) in [5, 5.41) is 22.1. The summed E-state index contributed by atoms with van der Waals surface area (Å²) < 4.78 is 5.29. The Labute approximate surface area is 167 Å². The molecule has 0 saturated carbocycles. The summed E-state index contributed by atoms with van der Waals surface area (Å²) in [4.78, 5) is 8.51. The number of anilines is 3. The largest absolute Gasteiger partial charge is 0.444 e. The lowest BCUT2D eigenvalue weighted by Crippen LogP contribution is -2.02. The topological polar surface area (TPSA) is 121 Å². The Bertz CT molecular complexity index is 1180. The quantitative estimate of drug-likeness (QED) is 0.474. The molecular weight excluding hydrogens is 366 g/mol. The molecule has 0 radical (unpaired) electrons. The van der Waals surface area contributed by atoms with Crippen LogP contribution < -0.4 is 11.1 Å². The Hall–Kier alpha value is -4.15. The van der Waals surface area contributed by atoms with Gasteiger partial charge in [0.05, 0.1) is 24.2 Å². The molecular formula is C22H17N5O2. The third kappa shape index (κ3) is 3.78. The molecule has 0 amide bonds. The number of oxazole rings is 1. The SMILES string of the molecule is N#Cc1c(N)cc(Nc2ccc(-c3cnco3)cc2)nc1-c1cccc(CO)c1. The number of benzene rings is 2. The fourth-order valence-corrected chi connectivity index (χ4v) is 3.00. The second kappa shape index (κ2) is 7.84. The van der Waals surface area contributed by atoms with Crippen LogP contribution in [0.3, 0.4) is 0 Å². The third-order valence-electron chi connectivity index (χ3n) is 4.42. The van der Waals surface area contributed by atoms with Crippen LogP contribution in [0.5, 0.6) is 0 Å². The number of nitriles is 1. The van der Waals surface area contributed by atoms with E-state index in [9.17, 15) is 10.4 Å². The lowest BCUT2D eigenvalue weighted by molar-refractivity contribution is 0.282. The number of nitrogens with two attached hydrogens (primary N) is 1. The molecule has 7 heteroatoms. The van der Waals surface area contributed by atoms with E-state index in [0.717, 1.165) is 16.8 Å². The zero-order chi connectivity index (χ0) is 20.2. The maximum absolute atomic E-state index is 9.53. The second-order valence-electron chi connectivity index (χ2n) is 6.36. The Kier molecular flexibility index (Phi) is 4.93. The summed E-state index contributed by atoms with van der Waals surface area (Å²) in [5.74, 6) is 1.20. The first-order chi connectivity index (χ1) is 14.2. The van der Waals surface area contributed by atoms with Gasteiger partial charge in [-0.05, 0) is 35.9 Å². The van der Waals surface area contributed by atoms with E-state index in [1.54, 1.807) is 24.4 Å². The smallest absolute Gasteiger partial charge is 0.181 e. The summed E-state index contributed by atoms with van der Waals surface area (Å²) in [6.07, 6.45) is 3.04. The first kappa shape index (κ1) is 18.2. The van der Waals surface area contributed by atoms with Gasteiger partial charge in [-0.3, -0.25) is 0 Å². The Balaban J connectivity index is 1.68. The predicted octanol–water partition coefficient (Wildman–Crippen LogP) is 4.09. The number of nitrogen functional groups attached to an aromatic ring is 1. The fraction of sp³-hybridized carbons (Fsp3) is 0.0455. The second-order valence-corrected chi connectivity index (χ2v) is 6.36. The average molecular weight is 383 g/mol. The van der Waals surface area contributed by atoms with Gasteiger partial charge in [-0.15, -0.1) is 0 Å². The Morgan fingerprint density at radius 2 is 1.93 bits per heavy atom. The van der Waals surface area contributed by atoms with Crippen molar-refractivity contribution in [1.82, 2.24) is 9.97 Å². The number of pyridine rings is 1. The number of hydrogen-bond acceptors (Lipinski definition) is 7. The van der Waals surface area contributed by atoms with Crippen LogP contribution in [0.2, 0.25) is 0 Å². The van der Waals surface area contributed by atoms with Crippen molar-refractivity contribution in [2.45, 2.75) is 6.61 Å². The number of hydrogen-bond donors (Lipinski definition) is 3. The molecule has 0 aliphatic rings. The molecule has 2 aromatic heterocycles. The first-order valence-corrected chi connectivity index (χ1v) is 8.84. The molecule has 142 valence electrons. The molecule has 0 aliphatic carbocycles. The number of nitrogens with one attached hydrogen (secondary N) is 1. The maximum atomic E-state index is 9.53. The highest BCUT2D eigenvalue weighted by Gasteiger charge is 2.13. The van der Waals surface area contributed by atoms with Crippen molar-refractivity contribution in [1.29, 1.82) is 5.26 Å². The minimum Gasteiger partial charge on any atom is -0.444 e. The summed E-state index contributed by atoms with van der Waals surface area (Å²) in [6.45, 7) is -0.0965. The Morgan fingerprint density at radius 1 is 1.10 bits per heavy atom. The van der Waals surface area contributed by atoms with Gasteiger partial charge in [-0.25, -0.2) is 9.97 Å². The van der Waals surface area contributed by atoms with Crippen LogP contribution >= 0.6 is 0 Å². The maximum Gasteiger partial charge on any atom is 0.181 e. The van der Waals surface area contributed by atoms with E-state index in [-0.39, 0.29) is 6.61 Å². The van der Waals surface area contributed by atoms with E-state index < -0.39 is 0 Å². The molecule has 2 aromatic carbocycles. The highest BCUT2D eigenvalue weighted by molar-refractivity contribution is 5.78. The third-order valence-corrected chi connectivity index (χ3v) is 4.42. The molecule has 0 bridgehead atoms. The van der Waals surface area contributed by atoms with Crippen LogP contribution in [0.15, 0.2) is 71.6 Å². The van der Waals surface area contributed by atoms with E-state index in [1.807, 2.05) is 36.4 Å². The van der Waals surface area contributed by atoms with Crippen molar-refractivity contribution in [2.75, 3.05) is 11.1 Å². The first-order valence-electron chi connectivity index (χ1n) is 8.84. The molecule has 0 unspecified atom stereocenters. The molecule has 4 rings (SSSR count). The molecule has 7 nitrogen and oxygen atoms in total. The zero-order valence-electron chi connectivity index (χ0n) is 15.3. The van der Waals surface area contributed by atoms with Gasteiger partial charge in [-0.2, -0.15) is 5.26 Å². The van der Waals surface area contributed by atoms with Gasteiger partial charge in [0.15, 0.2) is 12.2 Å². The van der Waals surface area contributed by atoms with Crippen molar-refractivity contribution in [2.24, 2.45) is 0 Å². The van der Waals surface area contributed by atoms with Gasteiger partial charge in [0, 0.05) is 22.9 Å². The number of aliphatic hydroxyl groups is 1. The number of nitrogens with zero attached hydrogens (tertiary/aromatic N) is 3. The van der Waals surface area contributed by atoms with E-state index in [2.05, 4.69) is 21.4 Å². The number of aromatic nitrogens is 2. The van der Waals surface area contributed by atoms with Gasteiger partial charge in [-0.1, -0.05) is 18.2 Å². The normalized spacial score (nSPS) is 10.5. The zero-order valence-corrected chi connectivity index (χ0v) is 15.3. The standard InChI is InChI=1S/C22H17N5O2/c23-10-18-19(24)9-21(27-22(18)16-3-1-2-14(8-16)12-28)26-17-6-4-15(5-7-17)20-11-25-13-29-20/h1-9,11,13,28H,12H2,(H3,24,26,27). The van der Waals surface area contributed by atoms with Gasteiger partial charge >= 0.3 is 0 Å². The van der Waals surface area contributed by atoms with Crippen LogP contribution in [0, 0.1) is 11.3 Å². The van der Waals surface area contributed by atoms with Crippen molar-refractivity contribution >= 4 is 17.2 Å². The van der Waals surface area contributed by atoms with Crippen molar-refractivity contribution in [3.63, 3.8) is 0 Å². The van der Waals surface area contributed by atoms with E-state index >= 15 is 0 Å². The lowest BCUT2D eigenvalue weighted by Gasteiger charge is -2.12. The van der Waals surface area contributed by atoms with Crippen LogP contribution in [-0.2, 0) is 6.61 Å². The number of aliphatic hydroxyl groups excluding tert-OH is 1. The average Bonchev–Trinajstić information content (AvgIpc) is 3.29. The summed E-state index contributed by atoms with van der Waals surface area (Å²) in [5.41, 5.74) is 10.3. The van der Waals surface area contributed by atoms with Gasteiger partial charge in [0.1, 0.15) is 17.5 Å². The van der Waals surface area contributed by atoms with Crippen molar-refractivity contribution < 1.29 is 9.52 Å². The van der Waals surface area contributed by atoms with Crippen molar-refractivity contribution in [3.8, 4) is 28.7 Å². The number of rotatable bonds is 5. The monoisotopic (exact) mass is 383 g/mol. The lowest BCUT2D eigenvalue weighted by atomic mass is 10.0. The van der Waals surface area contributed by atoms with Crippen LogP contribution in [-0.4, -0.2) is 15.1 Å². The molecule has 29 heavy (non-hydrogen) atoms. The minimum absolute atomic E-state index is 0.0965. The van der Waals surface area contributed by atoms with E-state index in [1.165, 1.54) is 6.39 Å². The van der Waals surface area contributed by atoms with Crippen LogP contribution in [0.25, 0.3) is 22.6 Å². The van der Waals surface area contributed by atoms with Gasteiger partial charge in [0.2, 0.25) is 0 Å². The van der Waals surface area contributed by atoms with E-state index in [4.69, 9.17) is 10.2 Å².